The number of fused-ring (bicyclic) bond motifs is 7. The first-order valence-corrected chi connectivity index (χ1v) is 15.7. The molecule has 0 bridgehead atoms. The summed E-state index contributed by atoms with van der Waals surface area (Å²) in [5.74, 6) is 0.758. The Morgan fingerprint density at radius 1 is 0.476 bits per heavy atom. The van der Waals surface area contributed by atoms with Gasteiger partial charge in [-0.05, 0) is 36.4 Å². The van der Waals surface area contributed by atoms with Gasteiger partial charge in [0.2, 0.25) is 5.95 Å². The van der Waals surface area contributed by atoms with E-state index < -0.39 is 7.14 Å². The van der Waals surface area contributed by atoms with Crippen molar-refractivity contribution in [3.8, 4) is 16.8 Å². The van der Waals surface area contributed by atoms with E-state index in [0.29, 0.717) is 0 Å². The van der Waals surface area contributed by atoms with E-state index in [9.17, 15) is 0 Å². The molecule has 200 valence electrons. The lowest BCUT2D eigenvalue weighted by atomic mass is 10.0. The number of aromatic nitrogens is 2. The lowest BCUT2D eigenvalue weighted by Crippen LogP contribution is -2.29. The molecule has 0 saturated heterocycles. The zero-order chi connectivity index (χ0) is 28.1. The SMILES string of the molecule is O=P(c1ccccc1)(c1ccccc1)c1ccccc1N1c2ccccc2-c2ccccc2-n2c1nc1ccccc12. The fourth-order valence-corrected chi connectivity index (χ4v) is 8.99. The van der Waals surface area contributed by atoms with Crippen LogP contribution in [0.1, 0.15) is 0 Å². The lowest BCUT2D eigenvalue weighted by Gasteiger charge is -2.30. The maximum atomic E-state index is 15.7. The average molecular weight is 560 g/mol. The molecule has 0 N–H and O–H groups in total. The summed E-state index contributed by atoms with van der Waals surface area (Å²) in [5.41, 5.74) is 7.01. The summed E-state index contributed by atoms with van der Waals surface area (Å²) in [5, 5.41) is 2.36. The first-order valence-electron chi connectivity index (χ1n) is 14.0. The first-order chi connectivity index (χ1) is 20.7. The zero-order valence-electron chi connectivity index (χ0n) is 22.7. The number of benzene rings is 6. The van der Waals surface area contributed by atoms with Gasteiger partial charge >= 0.3 is 0 Å². The molecule has 7 aromatic rings. The minimum Gasteiger partial charge on any atom is -0.309 e. The van der Waals surface area contributed by atoms with Gasteiger partial charge in [0.1, 0.15) is 0 Å². The van der Waals surface area contributed by atoms with E-state index in [2.05, 4.69) is 76.2 Å². The predicted molar refractivity (Wildman–Crippen MR) is 174 cm³/mol. The molecule has 42 heavy (non-hydrogen) atoms. The first kappa shape index (κ1) is 24.6. The molecule has 8 rings (SSSR count). The third-order valence-electron chi connectivity index (χ3n) is 8.02. The molecule has 0 radical (unpaired) electrons. The van der Waals surface area contributed by atoms with Crippen LogP contribution in [0.4, 0.5) is 17.3 Å². The maximum absolute atomic E-state index is 15.7. The van der Waals surface area contributed by atoms with Gasteiger partial charge in [0.05, 0.1) is 28.1 Å². The Bertz CT molecular complexity index is 2090. The molecule has 0 fully saturated rings. The summed E-state index contributed by atoms with van der Waals surface area (Å²) in [4.78, 5) is 7.43. The molecule has 0 amide bonds. The second kappa shape index (κ2) is 9.73. The van der Waals surface area contributed by atoms with E-state index in [0.717, 1.165) is 61.1 Å². The van der Waals surface area contributed by atoms with Crippen molar-refractivity contribution in [1.29, 1.82) is 0 Å². The number of anilines is 3. The Morgan fingerprint density at radius 2 is 0.976 bits per heavy atom. The van der Waals surface area contributed by atoms with Crippen LogP contribution in [-0.2, 0) is 4.57 Å². The maximum Gasteiger partial charge on any atom is 0.220 e. The predicted octanol–water partition coefficient (Wildman–Crippen LogP) is 8.12. The smallest absolute Gasteiger partial charge is 0.220 e. The number of rotatable bonds is 4. The molecule has 1 aliphatic rings. The van der Waals surface area contributed by atoms with Crippen LogP contribution >= 0.6 is 7.14 Å². The van der Waals surface area contributed by atoms with Crippen LogP contribution in [0, 0.1) is 0 Å². The Kier molecular flexibility index (Phi) is 5.70. The van der Waals surface area contributed by atoms with Crippen molar-refractivity contribution in [3.05, 3.63) is 158 Å². The molecule has 1 aliphatic heterocycles. The molecular formula is C37H26N3OP. The minimum absolute atomic E-state index is 0.758. The Labute approximate surface area is 244 Å². The molecule has 6 aromatic carbocycles. The van der Waals surface area contributed by atoms with Crippen molar-refractivity contribution in [2.75, 3.05) is 4.90 Å². The summed E-state index contributed by atoms with van der Waals surface area (Å²) in [6, 6.07) is 52.9. The van der Waals surface area contributed by atoms with Gasteiger partial charge in [-0.25, -0.2) is 4.98 Å². The molecule has 4 nitrogen and oxygen atoms in total. The van der Waals surface area contributed by atoms with Crippen molar-refractivity contribution in [2.24, 2.45) is 0 Å². The molecule has 0 saturated carbocycles. The summed E-state index contributed by atoms with van der Waals surface area (Å²) < 4.78 is 18.0. The quantitative estimate of drug-likeness (QED) is 0.205. The summed E-state index contributed by atoms with van der Waals surface area (Å²) in [6.45, 7) is 0. The molecule has 0 spiro atoms. The Balaban J connectivity index is 1.50. The topological polar surface area (TPSA) is 38.1 Å². The van der Waals surface area contributed by atoms with Gasteiger partial charge in [-0.1, -0.05) is 121 Å². The normalized spacial score (nSPS) is 12.3. The second-order valence-electron chi connectivity index (χ2n) is 10.4. The van der Waals surface area contributed by atoms with Gasteiger partial charge in [0.25, 0.3) is 0 Å². The molecular weight excluding hydrogens is 533 g/mol. The molecule has 0 unspecified atom stereocenters. The van der Waals surface area contributed by atoms with Gasteiger partial charge < -0.3 is 4.57 Å². The second-order valence-corrected chi connectivity index (χ2v) is 13.1. The van der Waals surface area contributed by atoms with E-state index in [4.69, 9.17) is 4.98 Å². The molecule has 2 heterocycles. The molecule has 1 aromatic heterocycles. The van der Waals surface area contributed by atoms with Crippen LogP contribution in [0.2, 0.25) is 0 Å². The van der Waals surface area contributed by atoms with Gasteiger partial charge in [-0.2, -0.15) is 0 Å². The van der Waals surface area contributed by atoms with Crippen molar-refractivity contribution < 1.29 is 4.57 Å². The minimum atomic E-state index is -3.31. The highest BCUT2D eigenvalue weighted by Gasteiger charge is 2.36. The Morgan fingerprint density at radius 3 is 1.67 bits per heavy atom. The van der Waals surface area contributed by atoms with Crippen molar-refractivity contribution in [3.63, 3.8) is 0 Å². The van der Waals surface area contributed by atoms with Crippen LogP contribution in [0.25, 0.3) is 27.8 Å². The lowest BCUT2D eigenvalue weighted by molar-refractivity contribution is 0.592. The van der Waals surface area contributed by atoms with Gasteiger partial charge in [-0.15, -0.1) is 0 Å². The summed E-state index contributed by atoms with van der Waals surface area (Å²) in [7, 11) is -3.31. The number of para-hydroxylation sites is 5. The van der Waals surface area contributed by atoms with Crippen LogP contribution in [0.15, 0.2) is 158 Å². The van der Waals surface area contributed by atoms with E-state index in [1.165, 1.54) is 0 Å². The highest BCUT2D eigenvalue weighted by Crippen LogP contribution is 2.51. The summed E-state index contributed by atoms with van der Waals surface area (Å²) in [6.07, 6.45) is 0. The number of hydrogen-bond donors (Lipinski definition) is 0. The zero-order valence-corrected chi connectivity index (χ0v) is 23.6. The molecule has 0 aliphatic carbocycles. The highest BCUT2D eigenvalue weighted by molar-refractivity contribution is 7.85. The van der Waals surface area contributed by atoms with Crippen LogP contribution in [0.3, 0.4) is 0 Å². The highest BCUT2D eigenvalue weighted by atomic mass is 31.2. The number of imidazole rings is 1. The largest absolute Gasteiger partial charge is 0.309 e. The standard InChI is InChI=1S/C37H26N3OP/c41-42(27-15-3-1-4-16-27,28-17-5-2-6-18-28)36-26-14-13-25-35(36)40-33-23-11-8-20-30(33)29-19-7-10-22-32(29)39-34-24-12-9-21-31(34)38-37(39)40/h1-26H. The van der Waals surface area contributed by atoms with Crippen LogP contribution < -0.4 is 20.8 Å². The fourth-order valence-electron chi connectivity index (χ4n) is 6.16. The van der Waals surface area contributed by atoms with Gasteiger partial charge in [0.15, 0.2) is 7.14 Å². The molecule has 5 heteroatoms. The van der Waals surface area contributed by atoms with E-state index in [1.807, 2.05) is 91.0 Å². The third kappa shape index (κ3) is 3.62. The van der Waals surface area contributed by atoms with Crippen LogP contribution in [0.5, 0.6) is 0 Å². The summed E-state index contributed by atoms with van der Waals surface area (Å²) >= 11 is 0. The third-order valence-corrected chi connectivity index (χ3v) is 11.1. The fraction of sp³-hybridized carbons (Fsp3) is 0. The van der Waals surface area contributed by atoms with Crippen LogP contribution in [-0.4, -0.2) is 9.55 Å². The van der Waals surface area contributed by atoms with Crippen molar-refractivity contribution >= 4 is 51.4 Å². The van der Waals surface area contributed by atoms with Gasteiger partial charge in [-0.3, -0.25) is 9.47 Å². The van der Waals surface area contributed by atoms with Gasteiger partial charge in [0, 0.05) is 27.0 Å². The number of hydrogen-bond acceptors (Lipinski definition) is 3. The molecule has 0 atom stereocenters. The van der Waals surface area contributed by atoms with E-state index in [-0.39, 0.29) is 0 Å². The average Bonchev–Trinajstić information content (AvgIpc) is 3.39. The van der Waals surface area contributed by atoms with Crippen molar-refractivity contribution in [2.45, 2.75) is 0 Å². The van der Waals surface area contributed by atoms with E-state index in [1.54, 1.807) is 0 Å². The number of nitrogens with zero attached hydrogens (tertiary/aromatic N) is 3. The van der Waals surface area contributed by atoms with Crippen molar-refractivity contribution in [1.82, 2.24) is 9.55 Å². The van der Waals surface area contributed by atoms with E-state index >= 15 is 4.57 Å². The Hall–Kier alpha value is -5.18. The monoisotopic (exact) mass is 559 g/mol.